The molecule has 4 heteroatoms. The Morgan fingerprint density at radius 2 is 1.92 bits per heavy atom. The minimum atomic E-state index is -0.384. The third-order valence-electron chi connectivity index (χ3n) is 5.10. The van der Waals surface area contributed by atoms with Crippen LogP contribution in [0.25, 0.3) is 0 Å². The van der Waals surface area contributed by atoms with Gasteiger partial charge in [0.05, 0.1) is 6.10 Å². The molecule has 0 radical (unpaired) electrons. The Labute approximate surface area is 167 Å². The van der Waals surface area contributed by atoms with Crippen molar-refractivity contribution in [2.75, 3.05) is 12.0 Å². The fourth-order valence-electron chi connectivity index (χ4n) is 3.65. The van der Waals surface area contributed by atoms with Gasteiger partial charge in [-0.25, -0.2) is 0 Å². The topological polar surface area (TPSA) is 20.2 Å². The lowest BCUT2D eigenvalue weighted by Gasteiger charge is -2.23. The molecule has 1 saturated carbocycles. The predicted molar refractivity (Wildman–Crippen MR) is 113 cm³/mol. The first-order valence-electron chi connectivity index (χ1n) is 9.28. The summed E-state index contributed by atoms with van der Waals surface area (Å²) in [7, 11) is 0. The number of aliphatic hydroxyl groups excluding tert-OH is 1. The second kappa shape index (κ2) is 10.9. The van der Waals surface area contributed by atoms with Gasteiger partial charge < -0.3 is 5.11 Å². The van der Waals surface area contributed by atoms with Crippen LogP contribution in [0.1, 0.15) is 62.2 Å². The Hall–Kier alpha value is -0.150. The molecule has 0 amide bonds. The van der Waals surface area contributed by atoms with Gasteiger partial charge in [-0.3, -0.25) is 0 Å². The smallest absolute Gasteiger partial charge is 0.0797 e. The third-order valence-corrected chi connectivity index (χ3v) is 6.69. The number of rotatable bonds is 9. The van der Waals surface area contributed by atoms with Gasteiger partial charge in [-0.2, -0.15) is 11.8 Å². The summed E-state index contributed by atoms with van der Waals surface area (Å²) < 4.78 is 0. The highest BCUT2D eigenvalue weighted by molar-refractivity contribution is 7.98. The van der Waals surface area contributed by atoms with Crippen LogP contribution >= 0.6 is 35.0 Å². The Morgan fingerprint density at radius 3 is 2.56 bits per heavy atom. The molecule has 2 rings (SSSR count). The average molecular weight is 401 g/mol. The van der Waals surface area contributed by atoms with Gasteiger partial charge in [0.25, 0.3) is 0 Å². The van der Waals surface area contributed by atoms with E-state index in [1.54, 1.807) is 11.8 Å². The fraction of sp³-hybridized carbons (Fsp3) is 0.619. The summed E-state index contributed by atoms with van der Waals surface area (Å²) in [6.07, 6.45) is 11.1. The zero-order valence-electron chi connectivity index (χ0n) is 15.2. The van der Waals surface area contributed by atoms with Crippen molar-refractivity contribution in [3.63, 3.8) is 0 Å². The van der Waals surface area contributed by atoms with E-state index in [-0.39, 0.29) is 22.8 Å². The Kier molecular flexibility index (Phi) is 9.20. The van der Waals surface area contributed by atoms with E-state index in [1.165, 1.54) is 12.0 Å². The van der Waals surface area contributed by atoms with Crippen LogP contribution in [0.4, 0.5) is 0 Å². The molecule has 25 heavy (non-hydrogen) atoms. The van der Waals surface area contributed by atoms with E-state index in [0.717, 1.165) is 37.0 Å². The summed E-state index contributed by atoms with van der Waals surface area (Å²) >= 11 is 15.0. The van der Waals surface area contributed by atoms with Crippen LogP contribution in [0.3, 0.4) is 0 Å². The minimum absolute atomic E-state index is 0.0827. The van der Waals surface area contributed by atoms with E-state index in [0.29, 0.717) is 5.92 Å². The van der Waals surface area contributed by atoms with Crippen molar-refractivity contribution in [3.8, 4) is 0 Å². The molecule has 1 fully saturated rings. The molecule has 1 aromatic carbocycles. The monoisotopic (exact) mass is 400 g/mol. The molecule has 5 unspecified atom stereocenters. The van der Waals surface area contributed by atoms with E-state index in [1.807, 2.05) is 0 Å². The number of thioether (sulfide) groups is 1. The molecule has 0 saturated heterocycles. The van der Waals surface area contributed by atoms with E-state index in [4.69, 9.17) is 23.2 Å². The maximum absolute atomic E-state index is 10.3. The number of hydrogen-bond acceptors (Lipinski definition) is 2. The molecular weight excluding hydrogens is 371 g/mol. The molecular formula is C21H30Cl2OS. The first-order valence-corrected chi connectivity index (χ1v) is 11.5. The molecule has 1 nitrogen and oxygen atoms in total. The summed E-state index contributed by atoms with van der Waals surface area (Å²) in [5.74, 6) is 1.63. The molecule has 140 valence electrons. The molecule has 0 aliphatic heterocycles. The van der Waals surface area contributed by atoms with Gasteiger partial charge in [-0.15, -0.1) is 23.2 Å². The number of halogens is 2. The summed E-state index contributed by atoms with van der Waals surface area (Å²) in [6.45, 7) is 2.19. The summed E-state index contributed by atoms with van der Waals surface area (Å²) in [5, 5.41) is 10.5. The van der Waals surface area contributed by atoms with Crippen molar-refractivity contribution in [2.45, 2.75) is 61.8 Å². The van der Waals surface area contributed by atoms with Gasteiger partial charge in [-0.1, -0.05) is 49.8 Å². The van der Waals surface area contributed by atoms with Gasteiger partial charge >= 0.3 is 0 Å². The number of aliphatic hydroxyl groups is 1. The van der Waals surface area contributed by atoms with E-state index >= 15 is 0 Å². The molecule has 0 aromatic heterocycles. The molecule has 1 aliphatic carbocycles. The Bertz CT molecular complexity index is 531. The lowest BCUT2D eigenvalue weighted by Crippen LogP contribution is -2.16. The molecule has 0 heterocycles. The summed E-state index contributed by atoms with van der Waals surface area (Å²) in [4.78, 5) is 0. The third kappa shape index (κ3) is 5.92. The molecule has 1 N–H and O–H groups in total. The van der Waals surface area contributed by atoms with Gasteiger partial charge in [0, 0.05) is 16.7 Å². The van der Waals surface area contributed by atoms with Crippen LogP contribution in [-0.4, -0.2) is 27.9 Å². The Morgan fingerprint density at radius 1 is 1.20 bits per heavy atom. The maximum atomic E-state index is 10.3. The van der Waals surface area contributed by atoms with Gasteiger partial charge in [0.1, 0.15) is 0 Å². The van der Waals surface area contributed by atoms with Crippen LogP contribution in [0.15, 0.2) is 36.4 Å². The highest BCUT2D eigenvalue weighted by Gasteiger charge is 2.41. The summed E-state index contributed by atoms with van der Waals surface area (Å²) in [5.41, 5.74) is 2.24. The average Bonchev–Trinajstić information content (AvgIpc) is 2.90. The number of unbranched alkanes of at least 4 members (excludes halogenated alkanes) is 1. The summed E-state index contributed by atoms with van der Waals surface area (Å²) in [6, 6.07) is 8.37. The first-order chi connectivity index (χ1) is 12.1. The van der Waals surface area contributed by atoms with Crippen molar-refractivity contribution in [1.82, 2.24) is 0 Å². The second-order valence-electron chi connectivity index (χ2n) is 6.92. The van der Waals surface area contributed by atoms with Gasteiger partial charge in [-0.05, 0) is 54.7 Å². The molecule has 0 spiro atoms. The molecule has 1 aliphatic rings. The largest absolute Gasteiger partial charge is 0.388 e. The lowest BCUT2D eigenvalue weighted by atomic mass is 9.85. The number of alkyl halides is 2. The minimum Gasteiger partial charge on any atom is -0.388 e. The SMILES string of the molecule is CCC/C=C\CC1C(Cl)CC(Cl)C1c1ccc(C(O)CCSC)cc1. The van der Waals surface area contributed by atoms with Crippen molar-refractivity contribution in [1.29, 1.82) is 0 Å². The maximum Gasteiger partial charge on any atom is 0.0797 e. The van der Waals surface area contributed by atoms with Gasteiger partial charge in [0.2, 0.25) is 0 Å². The normalized spacial score (nSPS) is 27.9. The van der Waals surface area contributed by atoms with Crippen LogP contribution in [0, 0.1) is 5.92 Å². The zero-order chi connectivity index (χ0) is 18.2. The van der Waals surface area contributed by atoms with Crippen molar-refractivity contribution in [3.05, 3.63) is 47.5 Å². The molecule has 1 aromatic rings. The number of allylic oxidation sites excluding steroid dienone is 2. The van der Waals surface area contributed by atoms with Crippen molar-refractivity contribution in [2.24, 2.45) is 5.92 Å². The fourth-order valence-corrected chi connectivity index (χ4v) is 5.18. The van der Waals surface area contributed by atoms with Crippen LogP contribution in [0.2, 0.25) is 0 Å². The van der Waals surface area contributed by atoms with Crippen molar-refractivity contribution < 1.29 is 5.11 Å². The van der Waals surface area contributed by atoms with Gasteiger partial charge in [0.15, 0.2) is 0 Å². The Balaban J connectivity index is 2.08. The van der Waals surface area contributed by atoms with Crippen LogP contribution in [0.5, 0.6) is 0 Å². The van der Waals surface area contributed by atoms with Crippen molar-refractivity contribution >= 4 is 35.0 Å². The quantitative estimate of drug-likeness (QED) is 0.375. The number of benzene rings is 1. The standard InChI is InChI=1S/C21H30Cl2OS/c1-3-4-5-6-7-17-18(22)14-19(23)21(17)16-10-8-15(9-11-16)20(24)12-13-25-2/h5-6,8-11,17-21,24H,3-4,7,12-14H2,1-2H3/b6-5-. The zero-order valence-corrected chi connectivity index (χ0v) is 17.5. The predicted octanol–water partition coefficient (Wildman–Crippen LogP) is 6.54. The first kappa shape index (κ1) is 21.2. The van der Waals surface area contributed by atoms with Crippen LogP contribution in [-0.2, 0) is 0 Å². The molecule has 5 atom stereocenters. The van der Waals surface area contributed by atoms with Crippen LogP contribution < -0.4 is 0 Å². The number of hydrogen-bond donors (Lipinski definition) is 1. The highest BCUT2D eigenvalue weighted by Crippen LogP contribution is 2.47. The van der Waals surface area contributed by atoms with E-state index in [9.17, 15) is 5.11 Å². The lowest BCUT2D eigenvalue weighted by molar-refractivity contribution is 0.175. The molecule has 0 bridgehead atoms. The van der Waals surface area contributed by atoms with E-state index < -0.39 is 0 Å². The highest BCUT2D eigenvalue weighted by atomic mass is 35.5. The van der Waals surface area contributed by atoms with E-state index in [2.05, 4.69) is 49.6 Å². The second-order valence-corrected chi connectivity index (χ2v) is 9.02.